The number of amides is 2. The highest BCUT2D eigenvalue weighted by Gasteiger charge is 2.23. The molecule has 0 unspecified atom stereocenters. The van der Waals surface area contributed by atoms with Gasteiger partial charge >= 0.3 is 13.9 Å². The van der Waals surface area contributed by atoms with Gasteiger partial charge < -0.3 is 19.4 Å². The van der Waals surface area contributed by atoms with E-state index in [0.717, 1.165) is 16.8 Å². The number of hydrogen-bond donors (Lipinski definition) is 3. The summed E-state index contributed by atoms with van der Waals surface area (Å²) >= 11 is 0. The third-order valence-electron chi connectivity index (χ3n) is 6.04. The van der Waals surface area contributed by atoms with E-state index in [1.54, 1.807) is 12.3 Å². The zero-order valence-electron chi connectivity index (χ0n) is 21.3. The molecule has 1 heterocycles. The van der Waals surface area contributed by atoms with Crippen LogP contribution in [0.3, 0.4) is 0 Å². The standard InChI is InChI=1S/C26H30F2N3O7P/c1-31(24(32)13-12-18-9-6-11-22(27)25(18)28)21(10-4-5-14-38-39(34,35)36)17-37-26(33)30-23-15-19-7-2-3-8-20(19)16-29-23/h2-3,6-9,11,15-16,21H,4-5,10,12-14,17H2,1H3,(H,29,30,33)(H2,34,35,36)/t21-/m1/s1. The lowest BCUT2D eigenvalue weighted by Crippen LogP contribution is -2.41. The van der Waals surface area contributed by atoms with Gasteiger partial charge in [-0.05, 0) is 48.8 Å². The highest BCUT2D eigenvalue weighted by molar-refractivity contribution is 7.46. The zero-order valence-corrected chi connectivity index (χ0v) is 22.2. The summed E-state index contributed by atoms with van der Waals surface area (Å²) in [7, 11) is -3.08. The summed E-state index contributed by atoms with van der Waals surface area (Å²) in [5.74, 6) is -2.09. The number of carbonyl (C=O) groups is 2. The van der Waals surface area contributed by atoms with Crippen molar-refractivity contribution in [1.82, 2.24) is 9.88 Å². The molecule has 0 radical (unpaired) electrons. The van der Waals surface area contributed by atoms with Crippen molar-refractivity contribution in [3.05, 3.63) is 71.9 Å². The van der Waals surface area contributed by atoms with Crippen LogP contribution >= 0.6 is 7.82 Å². The van der Waals surface area contributed by atoms with Gasteiger partial charge in [0.2, 0.25) is 5.91 Å². The molecule has 0 saturated carbocycles. The Morgan fingerprint density at radius 3 is 2.59 bits per heavy atom. The molecule has 0 spiro atoms. The molecule has 10 nitrogen and oxygen atoms in total. The van der Waals surface area contributed by atoms with E-state index in [-0.39, 0.29) is 49.8 Å². The van der Waals surface area contributed by atoms with E-state index in [1.807, 2.05) is 24.3 Å². The summed E-state index contributed by atoms with van der Waals surface area (Å²) in [4.78, 5) is 48.5. The molecule has 0 aliphatic rings. The molecular formula is C26H30F2N3O7P. The Balaban J connectivity index is 1.58. The Bertz CT molecular complexity index is 1340. The van der Waals surface area contributed by atoms with Gasteiger partial charge in [0.15, 0.2) is 11.6 Å². The fraction of sp³-hybridized carbons (Fsp3) is 0.346. The first-order valence-corrected chi connectivity index (χ1v) is 13.7. The number of phosphoric acid groups is 1. The fourth-order valence-corrected chi connectivity index (χ4v) is 4.25. The van der Waals surface area contributed by atoms with Crippen LogP contribution in [0.25, 0.3) is 10.8 Å². The largest absolute Gasteiger partial charge is 0.469 e. The molecule has 0 saturated heterocycles. The van der Waals surface area contributed by atoms with Gasteiger partial charge in [-0.3, -0.25) is 14.6 Å². The van der Waals surface area contributed by atoms with Crippen LogP contribution in [0.4, 0.5) is 19.4 Å². The van der Waals surface area contributed by atoms with Crippen LogP contribution in [-0.2, 0) is 25.0 Å². The SMILES string of the molecule is CN(C(=O)CCc1cccc(F)c1F)[C@H](CCCCOP(=O)(O)O)COC(=O)Nc1cc2ccccc2cn1. The molecule has 2 aromatic carbocycles. The summed E-state index contributed by atoms with van der Waals surface area (Å²) in [6.45, 7) is -0.377. The molecule has 1 atom stereocenters. The van der Waals surface area contributed by atoms with Gasteiger partial charge in [-0.15, -0.1) is 0 Å². The van der Waals surface area contributed by atoms with E-state index in [4.69, 9.17) is 14.5 Å². The quantitative estimate of drug-likeness (QED) is 0.199. The van der Waals surface area contributed by atoms with E-state index in [2.05, 4.69) is 14.8 Å². The Morgan fingerprint density at radius 1 is 1.10 bits per heavy atom. The van der Waals surface area contributed by atoms with Crippen molar-refractivity contribution in [2.75, 3.05) is 25.6 Å². The van der Waals surface area contributed by atoms with Crippen LogP contribution in [0.1, 0.15) is 31.2 Å². The van der Waals surface area contributed by atoms with Gasteiger partial charge in [-0.2, -0.15) is 0 Å². The predicted molar refractivity (Wildman–Crippen MR) is 140 cm³/mol. The summed E-state index contributed by atoms with van der Waals surface area (Å²) in [5.41, 5.74) is 0.0707. The first kappa shape index (κ1) is 30.1. The monoisotopic (exact) mass is 565 g/mol. The van der Waals surface area contributed by atoms with Crippen LogP contribution in [0, 0.1) is 11.6 Å². The summed E-state index contributed by atoms with van der Waals surface area (Å²) in [6.07, 6.45) is 1.70. The second-order valence-corrected chi connectivity index (χ2v) is 10.1. The average Bonchev–Trinajstić information content (AvgIpc) is 2.89. The number of rotatable bonds is 13. The number of likely N-dealkylation sites (N-methyl/N-ethyl adjacent to an activating group) is 1. The van der Waals surface area contributed by atoms with E-state index < -0.39 is 31.6 Å². The second kappa shape index (κ2) is 14.1. The number of phosphoric ester groups is 1. The number of hydrogen-bond acceptors (Lipinski definition) is 6. The summed E-state index contributed by atoms with van der Waals surface area (Å²) in [6, 6.07) is 12.3. The first-order chi connectivity index (χ1) is 18.5. The molecule has 39 heavy (non-hydrogen) atoms. The highest BCUT2D eigenvalue weighted by atomic mass is 31.2. The molecule has 2 amide bonds. The number of aromatic nitrogens is 1. The lowest BCUT2D eigenvalue weighted by molar-refractivity contribution is -0.133. The lowest BCUT2D eigenvalue weighted by atomic mass is 10.1. The molecule has 0 bridgehead atoms. The predicted octanol–water partition coefficient (Wildman–Crippen LogP) is 4.80. The molecule has 210 valence electrons. The minimum absolute atomic E-state index is 0.0232. The number of aryl methyl sites for hydroxylation is 1. The molecule has 0 aliphatic heterocycles. The van der Waals surface area contributed by atoms with Crippen LogP contribution in [0.5, 0.6) is 0 Å². The number of benzene rings is 2. The third-order valence-corrected chi connectivity index (χ3v) is 6.56. The number of fused-ring (bicyclic) bond motifs is 1. The number of nitrogens with zero attached hydrogens (tertiary/aromatic N) is 2. The van der Waals surface area contributed by atoms with Gasteiger partial charge in [0.1, 0.15) is 12.4 Å². The molecule has 13 heteroatoms. The Kier molecular flexibility index (Phi) is 10.9. The van der Waals surface area contributed by atoms with Crippen LogP contribution in [-0.4, -0.2) is 58.0 Å². The molecular weight excluding hydrogens is 535 g/mol. The number of pyridine rings is 1. The van der Waals surface area contributed by atoms with Crippen molar-refractivity contribution in [2.24, 2.45) is 0 Å². The molecule has 3 N–H and O–H groups in total. The summed E-state index contributed by atoms with van der Waals surface area (Å²) < 4.78 is 48.1. The van der Waals surface area contributed by atoms with Crippen LogP contribution < -0.4 is 5.32 Å². The second-order valence-electron chi connectivity index (χ2n) is 8.83. The maximum Gasteiger partial charge on any atom is 0.469 e. The van der Waals surface area contributed by atoms with Crippen LogP contribution in [0.2, 0.25) is 0 Å². The number of unbranched alkanes of at least 4 members (excludes halogenated alkanes) is 1. The van der Waals surface area contributed by atoms with Gasteiger partial charge in [0.25, 0.3) is 0 Å². The molecule has 0 aliphatic carbocycles. The van der Waals surface area contributed by atoms with Crippen molar-refractivity contribution in [2.45, 2.75) is 38.1 Å². The highest BCUT2D eigenvalue weighted by Crippen LogP contribution is 2.35. The minimum Gasteiger partial charge on any atom is -0.447 e. The summed E-state index contributed by atoms with van der Waals surface area (Å²) in [5, 5.41) is 4.32. The molecule has 0 fully saturated rings. The normalized spacial score (nSPS) is 12.2. The van der Waals surface area contributed by atoms with Crippen molar-refractivity contribution in [1.29, 1.82) is 0 Å². The maximum atomic E-state index is 14.0. The topological polar surface area (TPSA) is 138 Å². The number of nitrogens with one attached hydrogen (secondary N) is 1. The van der Waals surface area contributed by atoms with E-state index in [0.29, 0.717) is 12.8 Å². The van der Waals surface area contributed by atoms with Gasteiger partial charge in [-0.25, -0.2) is 23.1 Å². The average molecular weight is 566 g/mol. The molecule has 3 aromatic rings. The number of carbonyl (C=O) groups excluding carboxylic acids is 2. The molecule has 3 rings (SSSR count). The zero-order chi connectivity index (χ0) is 28.4. The van der Waals surface area contributed by atoms with Gasteiger partial charge in [0, 0.05) is 25.1 Å². The lowest BCUT2D eigenvalue weighted by Gasteiger charge is -2.28. The van der Waals surface area contributed by atoms with Crippen LogP contribution in [0.15, 0.2) is 54.7 Å². The Morgan fingerprint density at radius 2 is 1.85 bits per heavy atom. The van der Waals surface area contributed by atoms with E-state index >= 15 is 0 Å². The number of halogens is 2. The number of ether oxygens (including phenoxy) is 1. The van der Waals surface area contributed by atoms with E-state index in [9.17, 15) is 22.9 Å². The third kappa shape index (κ3) is 9.67. The Hall–Kier alpha value is -3.44. The smallest absolute Gasteiger partial charge is 0.447 e. The Labute approximate surface area is 224 Å². The number of anilines is 1. The van der Waals surface area contributed by atoms with Gasteiger partial charge in [0.05, 0.1) is 12.6 Å². The first-order valence-electron chi connectivity index (χ1n) is 12.2. The van der Waals surface area contributed by atoms with Crippen molar-refractivity contribution >= 4 is 36.4 Å². The maximum absolute atomic E-state index is 14.0. The molecule has 1 aromatic heterocycles. The van der Waals surface area contributed by atoms with Gasteiger partial charge in [-0.1, -0.05) is 36.4 Å². The van der Waals surface area contributed by atoms with Crippen molar-refractivity contribution in [3.63, 3.8) is 0 Å². The fourth-order valence-electron chi connectivity index (χ4n) is 3.88. The van der Waals surface area contributed by atoms with Crippen molar-refractivity contribution in [3.8, 4) is 0 Å². The van der Waals surface area contributed by atoms with E-state index in [1.165, 1.54) is 24.1 Å². The minimum atomic E-state index is -4.59. The van der Waals surface area contributed by atoms with Crippen molar-refractivity contribution < 1.29 is 42.0 Å².